The topological polar surface area (TPSA) is 175 Å². The Morgan fingerprint density at radius 1 is 0.381 bits per heavy atom. The van der Waals surface area contributed by atoms with Crippen molar-refractivity contribution in [3.8, 4) is 0 Å². The van der Waals surface area contributed by atoms with E-state index in [1.807, 2.05) is 6.08 Å². The highest BCUT2D eigenvalue weighted by Crippen LogP contribution is 2.24. The fourth-order valence-corrected chi connectivity index (χ4v) is 13.5. The lowest BCUT2D eigenvalue weighted by atomic mass is 9.99. The standard InChI is InChI=1S/C86H161NO10/c1-3-5-7-9-11-13-15-16-17-18-40-44-47-50-54-58-62-66-70-74-82(91)95-75-71-67-63-59-55-51-48-45-42-39-37-35-33-31-29-27-25-23-21-19-20-22-24-26-28-30-32-34-36-38-41-43-46-49-53-57-61-65-69-73-81(90)87-78(77-96-86-85(94)84(93)83(92)80(76-88)97-86)79(89)72-68-64-60-56-52-14-12-10-8-6-4-2/h19-20,23,25,52,56,68,72,78-80,83-86,88-89,92-94H,3-18,21-22,24,26-51,53-55,57-67,69-71,73-77H2,1-2H3,(H,87,90)/b20-19-,25-23-,56-52+,72-68+. The Hall–Kier alpha value is -2.38. The summed E-state index contributed by atoms with van der Waals surface area (Å²) in [5.74, 6) is -0.168. The highest BCUT2D eigenvalue weighted by molar-refractivity contribution is 5.76. The number of hydrogen-bond donors (Lipinski definition) is 6. The molecule has 1 amide bonds. The molecule has 97 heavy (non-hydrogen) atoms. The fraction of sp³-hybridized carbons (Fsp3) is 0.884. The van der Waals surface area contributed by atoms with Crippen LogP contribution < -0.4 is 5.32 Å². The van der Waals surface area contributed by atoms with E-state index in [9.17, 15) is 35.1 Å². The molecule has 0 aromatic heterocycles. The number of carbonyl (C=O) groups is 2. The van der Waals surface area contributed by atoms with E-state index in [1.165, 1.54) is 340 Å². The third kappa shape index (κ3) is 63.1. The smallest absolute Gasteiger partial charge is 0.305 e. The van der Waals surface area contributed by atoms with E-state index in [-0.39, 0.29) is 18.5 Å². The van der Waals surface area contributed by atoms with E-state index in [1.54, 1.807) is 6.08 Å². The Balaban J connectivity index is 1.86. The zero-order chi connectivity index (χ0) is 70.1. The van der Waals surface area contributed by atoms with Gasteiger partial charge < -0.3 is 45.1 Å². The number of nitrogens with one attached hydrogen (secondary N) is 1. The second-order valence-corrected chi connectivity index (χ2v) is 29.5. The van der Waals surface area contributed by atoms with Crippen LogP contribution in [-0.2, 0) is 23.8 Å². The maximum absolute atomic E-state index is 13.1. The third-order valence-electron chi connectivity index (χ3n) is 20.2. The highest BCUT2D eigenvalue weighted by Gasteiger charge is 2.44. The van der Waals surface area contributed by atoms with E-state index in [4.69, 9.17) is 14.2 Å². The summed E-state index contributed by atoms with van der Waals surface area (Å²) < 4.78 is 16.8. The molecule has 7 unspecified atom stereocenters. The van der Waals surface area contributed by atoms with E-state index in [2.05, 4.69) is 55.6 Å². The Morgan fingerprint density at radius 2 is 0.701 bits per heavy atom. The molecule has 1 fully saturated rings. The van der Waals surface area contributed by atoms with Crippen LogP contribution in [0.3, 0.4) is 0 Å². The van der Waals surface area contributed by atoms with Crippen LogP contribution in [0.2, 0.25) is 0 Å². The number of hydrogen-bond acceptors (Lipinski definition) is 10. The summed E-state index contributed by atoms with van der Waals surface area (Å²) in [7, 11) is 0. The lowest BCUT2D eigenvalue weighted by Gasteiger charge is -2.40. The lowest BCUT2D eigenvalue weighted by Crippen LogP contribution is -2.60. The molecule has 1 rings (SSSR count). The number of aliphatic hydroxyl groups is 5. The van der Waals surface area contributed by atoms with Crippen molar-refractivity contribution >= 4 is 11.9 Å². The lowest BCUT2D eigenvalue weighted by molar-refractivity contribution is -0.302. The first kappa shape index (κ1) is 92.6. The molecule has 0 saturated carbocycles. The molecule has 1 aliphatic rings. The van der Waals surface area contributed by atoms with Crippen molar-refractivity contribution in [2.45, 2.75) is 468 Å². The van der Waals surface area contributed by atoms with Gasteiger partial charge in [-0.1, -0.05) is 383 Å². The molecule has 1 saturated heterocycles. The van der Waals surface area contributed by atoms with Crippen LogP contribution in [0.1, 0.15) is 425 Å². The molecule has 0 spiro atoms. The molecule has 7 atom stereocenters. The van der Waals surface area contributed by atoms with Crippen molar-refractivity contribution in [2.24, 2.45) is 0 Å². The number of aliphatic hydroxyl groups excluding tert-OH is 5. The van der Waals surface area contributed by atoms with Crippen molar-refractivity contribution in [1.29, 1.82) is 0 Å². The average Bonchev–Trinajstić information content (AvgIpc) is 0.869. The first-order valence-electron chi connectivity index (χ1n) is 42.4. The van der Waals surface area contributed by atoms with Crippen molar-refractivity contribution < 1.29 is 49.3 Å². The largest absolute Gasteiger partial charge is 0.466 e. The molecule has 0 aromatic rings. The number of esters is 1. The van der Waals surface area contributed by atoms with Crippen LogP contribution in [0, 0.1) is 0 Å². The number of ether oxygens (including phenoxy) is 3. The Bertz CT molecular complexity index is 1750. The molecular weight excluding hydrogens is 1210 g/mol. The number of amides is 1. The Morgan fingerprint density at radius 3 is 1.08 bits per heavy atom. The summed E-state index contributed by atoms with van der Waals surface area (Å²) >= 11 is 0. The fourth-order valence-electron chi connectivity index (χ4n) is 13.5. The van der Waals surface area contributed by atoms with E-state index in [0.29, 0.717) is 19.4 Å². The van der Waals surface area contributed by atoms with Gasteiger partial charge >= 0.3 is 5.97 Å². The van der Waals surface area contributed by atoms with Gasteiger partial charge in [-0.2, -0.15) is 0 Å². The number of allylic oxidation sites excluding steroid dienone is 7. The van der Waals surface area contributed by atoms with Crippen molar-refractivity contribution in [2.75, 3.05) is 19.8 Å². The molecule has 0 aromatic carbocycles. The molecule has 1 heterocycles. The molecule has 0 aliphatic carbocycles. The van der Waals surface area contributed by atoms with E-state index in [0.717, 1.165) is 57.8 Å². The van der Waals surface area contributed by atoms with Crippen LogP contribution in [0.4, 0.5) is 0 Å². The van der Waals surface area contributed by atoms with E-state index < -0.39 is 49.5 Å². The summed E-state index contributed by atoms with van der Waals surface area (Å²) in [5, 5.41) is 54.4. The minimum absolute atomic E-state index is 0.0200. The van der Waals surface area contributed by atoms with Gasteiger partial charge in [0.2, 0.25) is 5.91 Å². The van der Waals surface area contributed by atoms with Gasteiger partial charge in [-0.25, -0.2) is 0 Å². The second-order valence-electron chi connectivity index (χ2n) is 29.5. The maximum atomic E-state index is 13.1. The summed E-state index contributed by atoms with van der Waals surface area (Å²) in [4.78, 5) is 25.2. The second kappa shape index (κ2) is 74.8. The van der Waals surface area contributed by atoms with Crippen molar-refractivity contribution in [3.05, 3.63) is 48.6 Å². The zero-order valence-corrected chi connectivity index (χ0v) is 63.8. The van der Waals surface area contributed by atoms with Gasteiger partial charge in [0, 0.05) is 12.8 Å². The molecule has 11 heteroatoms. The van der Waals surface area contributed by atoms with Crippen molar-refractivity contribution in [3.63, 3.8) is 0 Å². The van der Waals surface area contributed by atoms with Gasteiger partial charge in [-0.15, -0.1) is 0 Å². The van der Waals surface area contributed by atoms with Crippen LogP contribution >= 0.6 is 0 Å². The minimum atomic E-state index is -1.58. The molecule has 0 bridgehead atoms. The normalized spacial score (nSPS) is 17.5. The van der Waals surface area contributed by atoms with Crippen LogP contribution in [0.25, 0.3) is 0 Å². The molecule has 0 radical (unpaired) electrons. The summed E-state index contributed by atoms with van der Waals surface area (Å²) in [6.45, 7) is 4.36. The molecular formula is C86H161NO10. The van der Waals surface area contributed by atoms with Gasteiger partial charge in [-0.05, 0) is 77.0 Å². The first-order valence-corrected chi connectivity index (χ1v) is 42.4. The summed E-state index contributed by atoms with van der Waals surface area (Å²) in [5.41, 5.74) is 0. The predicted molar refractivity (Wildman–Crippen MR) is 412 cm³/mol. The van der Waals surface area contributed by atoms with Gasteiger partial charge in [0.25, 0.3) is 0 Å². The Kier molecular flexibility index (Phi) is 71.4. The first-order chi connectivity index (χ1) is 47.7. The van der Waals surface area contributed by atoms with Crippen LogP contribution in [0.15, 0.2) is 48.6 Å². The number of unbranched alkanes of at least 4 members (excludes halogenated alkanes) is 56. The van der Waals surface area contributed by atoms with Gasteiger partial charge in [-0.3, -0.25) is 9.59 Å². The molecule has 11 nitrogen and oxygen atoms in total. The van der Waals surface area contributed by atoms with Crippen molar-refractivity contribution in [1.82, 2.24) is 5.32 Å². The Labute approximate surface area is 599 Å². The highest BCUT2D eigenvalue weighted by atomic mass is 16.7. The minimum Gasteiger partial charge on any atom is -0.466 e. The third-order valence-corrected chi connectivity index (χ3v) is 20.2. The summed E-state index contributed by atoms with van der Waals surface area (Å²) in [6.07, 6.45) is 90.4. The zero-order valence-electron chi connectivity index (χ0n) is 63.8. The van der Waals surface area contributed by atoms with Gasteiger partial charge in [0.1, 0.15) is 24.4 Å². The number of carbonyl (C=O) groups excluding carboxylic acids is 2. The van der Waals surface area contributed by atoms with Gasteiger partial charge in [0.15, 0.2) is 6.29 Å². The van der Waals surface area contributed by atoms with E-state index >= 15 is 0 Å². The molecule has 570 valence electrons. The van der Waals surface area contributed by atoms with Crippen LogP contribution in [0.5, 0.6) is 0 Å². The monoisotopic (exact) mass is 1370 g/mol. The average molecular weight is 1370 g/mol. The quantitative estimate of drug-likeness (QED) is 0.0195. The maximum Gasteiger partial charge on any atom is 0.305 e. The SMILES string of the molecule is CCCCCCC/C=C/CC/C=C/C(O)C(COC1OC(CO)C(O)C(O)C1O)NC(=O)CCCCCCCCCCCCCCCCCCC/C=C\C/C=C\CCCCCCCCCCCCCCCCCOC(=O)CCCCCCCCCCCCCCCCCCCCC. The summed E-state index contributed by atoms with van der Waals surface area (Å²) in [6, 6.07) is -0.825. The number of rotatable bonds is 76. The molecule has 6 N–H and O–H groups in total. The predicted octanol–water partition coefficient (Wildman–Crippen LogP) is 23.4. The van der Waals surface area contributed by atoms with Gasteiger partial charge in [0.05, 0.1) is 32.0 Å². The van der Waals surface area contributed by atoms with Crippen LogP contribution in [-0.4, -0.2) is 100 Å². The molecule has 1 aliphatic heterocycles.